The average Bonchev–Trinajstić information content (AvgIpc) is 2.43. The van der Waals surface area contributed by atoms with Gasteiger partial charge in [0.05, 0.1) is 12.2 Å². The van der Waals surface area contributed by atoms with E-state index in [1.54, 1.807) is 7.11 Å². The number of hydrogen-bond acceptors (Lipinski definition) is 3. The standard InChI is InChI=1S/C19H42O3Si/c1-9-10-11-12-13-14-15-18(21-16-20-6)17(2)22-23(7,8)19(3,4)5/h17-18H,9-16H2,1-8H3/t17-,18+/m1/s1. The molecule has 0 rings (SSSR count). The molecular weight excluding hydrogens is 304 g/mol. The van der Waals surface area contributed by atoms with Crippen LogP contribution in [0.2, 0.25) is 18.1 Å². The van der Waals surface area contributed by atoms with Gasteiger partial charge < -0.3 is 13.9 Å². The summed E-state index contributed by atoms with van der Waals surface area (Å²) in [5, 5.41) is 0.229. The van der Waals surface area contributed by atoms with Gasteiger partial charge in [-0.3, -0.25) is 0 Å². The zero-order valence-electron chi connectivity index (χ0n) is 17.0. The Balaban J connectivity index is 4.40. The lowest BCUT2D eigenvalue weighted by Gasteiger charge is -2.40. The Hall–Kier alpha value is 0.0969. The lowest BCUT2D eigenvalue weighted by Crippen LogP contribution is -2.46. The predicted octanol–water partition coefficient (Wildman–Crippen LogP) is 6.14. The molecule has 0 heterocycles. The van der Waals surface area contributed by atoms with Crippen LogP contribution < -0.4 is 0 Å². The molecule has 0 aliphatic rings. The lowest BCUT2D eigenvalue weighted by molar-refractivity contribution is -0.108. The van der Waals surface area contributed by atoms with Crippen molar-refractivity contribution in [3.05, 3.63) is 0 Å². The molecule has 140 valence electrons. The van der Waals surface area contributed by atoms with Crippen molar-refractivity contribution in [3.63, 3.8) is 0 Å². The Morgan fingerprint density at radius 2 is 1.52 bits per heavy atom. The van der Waals surface area contributed by atoms with Gasteiger partial charge >= 0.3 is 0 Å². The Morgan fingerprint density at radius 3 is 2.04 bits per heavy atom. The van der Waals surface area contributed by atoms with Crippen LogP contribution >= 0.6 is 0 Å². The summed E-state index contributed by atoms with van der Waals surface area (Å²) < 4.78 is 17.5. The highest BCUT2D eigenvalue weighted by Crippen LogP contribution is 2.38. The van der Waals surface area contributed by atoms with Crippen molar-refractivity contribution < 1.29 is 13.9 Å². The van der Waals surface area contributed by atoms with E-state index < -0.39 is 8.32 Å². The summed E-state index contributed by atoms with van der Waals surface area (Å²) in [5.74, 6) is 0. The molecule has 0 fully saturated rings. The van der Waals surface area contributed by atoms with Gasteiger partial charge in [-0.2, -0.15) is 0 Å². The molecule has 0 aromatic heterocycles. The highest BCUT2D eigenvalue weighted by atomic mass is 28.4. The van der Waals surface area contributed by atoms with Crippen molar-refractivity contribution >= 4 is 8.32 Å². The fourth-order valence-electron chi connectivity index (χ4n) is 2.45. The minimum Gasteiger partial charge on any atom is -0.412 e. The van der Waals surface area contributed by atoms with Gasteiger partial charge in [-0.25, -0.2) is 0 Å². The summed E-state index contributed by atoms with van der Waals surface area (Å²) in [6.07, 6.45) is 9.18. The Kier molecular flexibility index (Phi) is 11.7. The molecule has 23 heavy (non-hydrogen) atoms. The monoisotopic (exact) mass is 346 g/mol. The van der Waals surface area contributed by atoms with Crippen LogP contribution in [0.25, 0.3) is 0 Å². The van der Waals surface area contributed by atoms with Gasteiger partial charge in [0.1, 0.15) is 6.79 Å². The molecule has 0 N–H and O–H groups in total. The number of rotatable bonds is 13. The quantitative estimate of drug-likeness (QED) is 0.228. The van der Waals surface area contributed by atoms with Crippen molar-refractivity contribution in [2.45, 2.75) is 110 Å². The molecular formula is C19H42O3Si. The molecule has 0 aromatic carbocycles. The zero-order valence-corrected chi connectivity index (χ0v) is 18.0. The molecule has 3 nitrogen and oxygen atoms in total. The first-order valence-electron chi connectivity index (χ1n) is 9.44. The van der Waals surface area contributed by atoms with E-state index in [2.05, 4.69) is 47.7 Å². The second-order valence-electron chi connectivity index (χ2n) is 8.25. The van der Waals surface area contributed by atoms with Crippen molar-refractivity contribution in [2.75, 3.05) is 13.9 Å². The van der Waals surface area contributed by atoms with Crippen LogP contribution in [-0.2, 0) is 13.9 Å². The number of methoxy groups -OCH3 is 1. The maximum absolute atomic E-state index is 6.52. The number of unbranched alkanes of at least 4 members (excludes halogenated alkanes) is 5. The smallest absolute Gasteiger partial charge is 0.192 e. The first-order chi connectivity index (χ1) is 10.7. The average molecular weight is 347 g/mol. The normalized spacial score (nSPS) is 15.7. The van der Waals surface area contributed by atoms with Crippen LogP contribution in [0.3, 0.4) is 0 Å². The summed E-state index contributed by atoms with van der Waals surface area (Å²) in [5.41, 5.74) is 0. The molecule has 0 saturated heterocycles. The van der Waals surface area contributed by atoms with Crippen molar-refractivity contribution in [1.82, 2.24) is 0 Å². The molecule has 0 amide bonds. The fourth-order valence-corrected chi connectivity index (χ4v) is 3.89. The maximum atomic E-state index is 6.52. The van der Waals surface area contributed by atoms with Crippen LogP contribution in [0.5, 0.6) is 0 Å². The van der Waals surface area contributed by atoms with Crippen LogP contribution in [0.4, 0.5) is 0 Å². The van der Waals surface area contributed by atoms with Crippen molar-refractivity contribution in [3.8, 4) is 0 Å². The van der Waals surface area contributed by atoms with Gasteiger partial charge in [-0.05, 0) is 31.5 Å². The van der Waals surface area contributed by atoms with Gasteiger partial charge in [-0.1, -0.05) is 66.2 Å². The van der Waals surface area contributed by atoms with Crippen LogP contribution in [0, 0.1) is 0 Å². The maximum Gasteiger partial charge on any atom is 0.192 e. The Morgan fingerprint density at radius 1 is 0.957 bits per heavy atom. The van der Waals surface area contributed by atoms with E-state index >= 15 is 0 Å². The van der Waals surface area contributed by atoms with E-state index in [9.17, 15) is 0 Å². The van der Waals surface area contributed by atoms with Gasteiger partial charge in [0.25, 0.3) is 0 Å². The molecule has 0 bridgehead atoms. The van der Waals surface area contributed by atoms with E-state index in [0.717, 1.165) is 6.42 Å². The minimum atomic E-state index is -1.76. The highest BCUT2D eigenvalue weighted by molar-refractivity contribution is 6.74. The summed E-state index contributed by atoms with van der Waals surface area (Å²) >= 11 is 0. The van der Waals surface area contributed by atoms with Crippen LogP contribution in [0.1, 0.15) is 79.6 Å². The van der Waals surface area contributed by atoms with Crippen LogP contribution in [-0.4, -0.2) is 34.4 Å². The van der Waals surface area contributed by atoms with Crippen molar-refractivity contribution in [2.24, 2.45) is 0 Å². The molecule has 0 aromatic rings. The molecule has 0 unspecified atom stereocenters. The largest absolute Gasteiger partial charge is 0.412 e. The zero-order chi connectivity index (χ0) is 17.9. The first kappa shape index (κ1) is 23.1. The summed E-state index contributed by atoms with van der Waals surface area (Å²) in [6, 6.07) is 0. The molecule has 0 saturated carbocycles. The van der Waals surface area contributed by atoms with E-state index in [1.165, 1.54) is 38.5 Å². The third-order valence-corrected chi connectivity index (χ3v) is 9.63. The Labute approximate surface area is 146 Å². The summed E-state index contributed by atoms with van der Waals surface area (Å²) in [6.45, 7) is 16.2. The summed E-state index contributed by atoms with van der Waals surface area (Å²) in [7, 11) is -0.0742. The molecule has 0 spiro atoms. The Bertz CT molecular complexity index is 287. The molecule has 4 heteroatoms. The third-order valence-electron chi connectivity index (χ3n) is 5.05. The second kappa shape index (κ2) is 11.6. The number of ether oxygens (including phenoxy) is 2. The van der Waals surface area contributed by atoms with Gasteiger partial charge in [-0.15, -0.1) is 0 Å². The SMILES string of the molecule is CCCCCCCC[C@H](OCOC)[C@@H](C)O[Si](C)(C)C(C)(C)C. The van der Waals surface area contributed by atoms with E-state index in [-0.39, 0.29) is 17.2 Å². The molecule has 2 atom stereocenters. The predicted molar refractivity (Wildman–Crippen MR) is 102 cm³/mol. The topological polar surface area (TPSA) is 27.7 Å². The lowest BCUT2D eigenvalue weighted by atomic mass is 10.0. The van der Waals surface area contributed by atoms with E-state index in [0.29, 0.717) is 6.79 Å². The van der Waals surface area contributed by atoms with Crippen LogP contribution in [0.15, 0.2) is 0 Å². The second-order valence-corrected chi connectivity index (χ2v) is 13.0. The first-order valence-corrected chi connectivity index (χ1v) is 12.3. The van der Waals surface area contributed by atoms with E-state index in [1.807, 2.05) is 0 Å². The molecule has 0 radical (unpaired) electrons. The number of hydrogen-bond donors (Lipinski definition) is 0. The van der Waals surface area contributed by atoms with Gasteiger partial charge in [0.15, 0.2) is 8.32 Å². The summed E-state index contributed by atoms with van der Waals surface area (Å²) in [4.78, 5) is 0. The van der Waals surface area contributed by atoms with Gasteiger partial charge in [0, 0.05) is 7.11 Å². The minimum absolute atomic E-state index is 0.127. The van der Waals surface area contributed by atoms with Gasteiger partial charge in [0.2, 0.25) is 0 Å². The van der Waals surface area contributed by atoms with E-state index in [4.69, 9.17) is 13.9 Å². The third kappa shape index (κ3) is 9.85. The highest BCUT2D eigenvalue weighted by Gasteiger charge is 2.39. The van der Waals surface area contributed by atoms with Crippen molar-refractivity contribution in [1.29, 1.82) is 0 Å². The fraction of sp³-hybridized carbons (Fsp3) is 1.00. The molecule has 0 aliphatic carbocycles. The molecule has 0 aliphatic heterocycles.